The van der Waals surface area contributed by atoms with Crippen molar-refractivity contribution in [2.45, 2.75) is 57.4 Å². The first-order valence-corrected chi connectivity index (χ1v) is 17.8. The number of hydrogen-bond acceptors (Lipinski definition) is 9. The number of nitriles is 1. The molecular weight excluding hydrogens is 691 g/mol. The molecule has 6 rings (SSSR count). The van der Waals surface area contributed by atoms with Gasteiger partial charge in [0.05, 0.1) is 28.8 Å². The van der Waals surface area contributed by atoms with Gasteiger partial charge in [0.15, 0.2) is 0 Å². The Labute approximate surface area is 307 Å². The number of rotatable bonds is 16. The lowest BCUT2D eigenvalue weighted by Crippen LogP contribution is -2.52. The molecule has 0 saturated carbocycles. The minimum Gasteiger partial charge on any atom is -0.492 e. The number of carboxylic acids is 1. The largest absolute Gasteiger partial charge is 0.492 e. The van der Waals surface area contributed by atoms with Gasteiger partial charge in [-0.3, -0.25) is 15.1 Å². The first-order chi connectivity index (χ1) is 24.7. The summed E-state index contributed by atoms with van der Waals surface area (Å²) < 4.78 is 18.9. The van der Waals surface area contributed by atoms with Crippen LogP contribution in [0, 0.1) is 11.3 Å². The van der Waals surface area contributed by atoms with Crippen molar-refractivity contribution in [2.75, 3.05) is 32.8 Å². The standard InChI is InChI=1S/C39H40Cl2N4O6/c1-39(24-46,38(47)48)44-22-27-17-32(40)36(18-35(27)50-23-26-16-25(19-42)20-43-21-26)51-33-11-10-29-28(6-2-7-30(29)33)31-8-3-9-34(37(31)41)49-15-5-14-45-12-4-13-45/h2-3,6-9,16-18,20-21,33,44,46H,4-5,10-15,22-24H2,1H3,(H,47,48)/t33-,39?/m0/s1. The minimum atomic E-state index is -1.59. The van der Waals surface area contributed by atoms with Crippen molar-refractivity contribution in [3.63, 3.8) is 0 Å². The number of pyridine rings is 1. The Bertz CT molecular complexity index is 1930. The van der Waals surface area contributed by atoms with Crippen LogP contribution in [-0.2, 0) is 24.4 Å². The second kappa shape index (κ2) is 16.3. The summed E-state index contributed by atoms with van der Waals surface area (Å²) in [5, 5.41) is 32.5. The number of ether oxygens (including phenoxy) is 3. The number of aliphatic carboxylic acids is 1. The van der Waals surface area contributed by atoms with Crippen LogP contribution in [0.4, 0.5) is 0 Å². The molecule has 4 aromatic rings. The van der Waals surface area contributed by atoms with Crippen molar-refractivity contribution < 1.29 is 29.2 Å². The van der Waals surface area contributed by atoms with E-state index in [-0.39, 0.29) is 19.3 Å². The molecule has 0 bridgehead atoms. The number of likely N-dealkylation sites (tertiary alicyclic amines) is 1. The van der Waals surface area contributed by atoms with E-state index in [4.69, 9.17) is 37.4 Å². The lowest BCUT2D eigenvalue weighted by molar-refractivity contribution is -0.145. The van der Waals surface area contributed by atoms with Crippen LogP contribution >= 0.6 is 23.2 Å². The van der Waals surface area contributed by atoms with Crippen LogP contribution in [0.25, 0.3) is 11.1 Å². The van der Waals surface area contributed by atoms with E-state index >= 15 is 0 Å². The zero-order valence-electron chi connectivity index (χ0n) is 28.3. The van der Waals surface area contributed by atoms with Gasteiger partial charge in [0.25, 0.3) is 0 Å². The first kappa shape index (κ1) is 36.4. The summed E-state index contributed by atoms with van der Waals surface area (Å²) in [5.74, 6) is 0.274. The van der Waals surface area contributed by atoms with E-state index < -0.39 is 18.1 Å². The monoisotopic (exact) mass is 730 g/mol. The number of aromatic nitrogens is 1. The number of aliphatic hydroxyl groups is 1. The molecular formula is C39H40Cl2N4O6. The summed E-state index contributed by atoms with van der Waals surface area (Å²) in [7, 11) is 0. The number of nitrogens with one attached hydrogen (secondary N) is 1. The average Bonchev–Trinajstić information content (AvgIpc) is 3.53. The zero-order chi connectivity index (χ0) is 36.0. The maximum atomic E-state index is 11.8. The van der Waals surface area contributed by atoms with E-state index in [1.54, 1.807) is 24.4 Å². The summed E-state index contributed by atoms with van der Waals surface area (Å²) in [6, 6.07) is 19.1. The molecule has 1 aliphatic carbocycles. The third-order valence-corrected chi connectivity index (χ3v) is 10.1. The second-order valence-electron chi connectivity index (χ2n) is 13.1. The number of aliphatic hydroxyl groups excluding tert-OH is 1. The molecule has 2 aliphatic rings. The molecule has 12 heteroatoms. The molecule has 2 heterocycles. The fraction of sp³-hybridized carbons (Fsp3) is 0.359. The number of carboxylic acid groups (broad SMARTS) is 1. The van der Waals surface area contributed by atoms with Crippen LogP contribution in [-0.4, -0.2) is 64.5 Å². The maximum absolute atomic E-state index is 11.8. The number of hydrogen-bond donors (Lipinski definition) is 3. The van der Waals surface area contributed by atoms with E-state index in [0.29, 0.717) is 57.0 Å². The molecule has 0 radical (unpaired) electrons. The van der Waals surface area contributed by atoms with Gasteiger partial charge >= 0.3 is 5.97 Å². The molecule has 266 valence electrons. The van der Waals surface area contributed by atoms with E-state index in [9.17, 15) is 20.3 Å². The van der Waals surface area contributed by atoms with Gasteiger partial charge in [-0.15, -0.1) is 0 Å². The van der Waals surface area contributed by atoms with Crippen LogP contribution in [0.2, 0.25) is 10.0 Å². The average molecular weight is 732 g/mol. The SMILES string of the molecule is CC(CO)(NCc1cc(Cl)c(O[C@H]2CCc3c(-c4cccc(OCCCN5CCC5)c4Cl)cccc32)cc1OCc1cncc(C#N)c1)C(=O)O. The molecule has 3 aromatic carbocycles. The van der Waals surface area contributed by atoms with E-state index in [2.05, 4.69) is 33.4 Å². The van der Waals surface area contributed by atoms with Gasteiger partial charge in [0.2, 0.25) is 0 Å². The van der Waals surface area contributed by atoms with Crippen molar-refractivity contribution in [1.82, 2.24) is 15.2 Å². The fourth-order valence-electron chi connectivity index (χ4n) is 6.27. The van der Waals surface area contributed by atoms with Gasteiger partial charge in [-0.05, 0) is 80.6 Å². The molecule has 1 fully saturated rings. The molecule has 51 heavy (non-hydrogen) atoms. The molecule has 1 aliphatic heterocycles. The predicted octanol–water partition coefficient (Wildman–Crippen LogP) is 6.97. The predicted molar refractivity (Wildman–Crippen MR) is 194 cm³/mol. The maximum Gasteiger partial charge on any atom is 0.326 e. The van der Waals surface area contributed by atoms with Crippen LogP contribution in [0.1, 0.15) is 60.1 Å². The Kier molecular flexibility index (Phi) is 11.7. The highest BCUT2D eigenvalue weighted by molar-refractivity contribution is 6.35. The van der Waals surface area contributed by atoms with Crippen LogP contribution in [0.5, 0.6) is 17.2 Å². The highest BCUT2D eigenvalue weighted by Crippen LogP contribution is 2.45. The number of carbonyl (C=O) groups is 1. The van der Waals surface area contributed by atoms with Gasteiger partial charge in [-0.1, -0.05) is 53.5 Å². The zero-order valence-corrected chi connectivity index (χ0v) is 29.8. The van der Waals surface area contributed by atoms with Crippen molar-refractivity contribution in [2.24, 2.45) is 0 Å². The van der Waals surface area contributed by atoms with Gasteiger partial charge in [0, 0.05) is 48.2 Å². The summed E-state index contributed by atoms with van der Waals surface area (Å²) in [5.41, 5.74) is 4.17. The minimum absolute atomic E-state index is 0.0345. The molecule has 1 aromatic heterocycles. The van der Waals surface area contributed by atoms with Crippen molar-refractivity contribution >= 4 is 29.2 Å². The Balaban J connectivity index is 1.23. The van der Waals surface area contributed by atoms with Crippen molar-refractivity contribution in [3.05, 3.63) is 105 Å². The second-order valence-corrected chi connectivity index (χ2v) is 13.8. The van der Waals surface area contributed by atoms with E-state index in [0.717, 1.165) is 41.6 Å². The molecule has 10 nitrogen and oxygen atoms in total. The molecule has 1 unspecified atom stereocenters. The number of nitrogens with zero attached hydrogens (tertiary/aromatic N) is 3. The molecule has 0 spiro atoms. The highest BCUT2D eigenvalue weighted by atomic mass is 35.5. The van der Waals surface area contributed by atoms with Crippen LogP contribution in [0.3, 0.4) is 0 Å². The van der Waals surface area contributed by atoms with Gasteiger partial charge < -0.3 is 29.3 Å². The summed E-state index contributed by atoms with van der Waals surface area (Å²) in [4.78, 5) is 18.4. The quantitative estimate of drug-likeness (QED) is 0.104. The van der Waals surface area contributed by atoms with Crippen molar-refractivity contribution in [1.29, 1.82) is 5.26 Å². The van der Waals surface area contributed by atoms with Gasteiger partial charge in [-0.2, -0.15) is 5.26 Å². The lowest BCUT2D eigenvalue weighted by atomic mass is 9.96. The van der Waals surface area contributed by atoms with E-state index in [1.807, 2.05) is 24.3 Å². The summed E-state index contributed by atoms with van der Waals surface area (Å²) in [6.45, 7) is 4.87. The van der Waals surface area contributed by atoms with Crippen LogP contribution < -0.4 is 19.5 Å². The molecule has 3 N–H and O–H groups in total. The normalized spacial score (nSPS) is 16.4. The van der Waals surface area contributed by atoms with E-state index in [1.165, 1.54) is 32.6 Å². The summed E-state index contributed by atoms with van der Waals surface area (Å²) >= 11 is 13.7. The number of benzene rings is 3. The van der Waals surface area contributed by atoms with Gasteiger partial charge in [-0.25, -0.2) is 0 Å². The van der Waals surface area contributed by atoms with Crippen molar-refractivity contribution in [3.8, 4) is 34.4 Å². The first-order valence-electron chi connectivity index (χ1n) is 17.0. The number of fused-ring (bicyclic) bond motifs is 1. The topological polar surface area (TPSA) is 137 Å². The Morgan fingerprint density at radius 3 is 2.63 bits per heavy atom. The van der Waals surface area contributed by atoms with Crippen LogP contribution in [0.15, 0.2) is 67.0 Å². The third kappa shape index (κ3) is 8.41. The Morgan fingerprint density at radius 1 is 1.08 bits per heavy atom. The molecule has 0 amide bonds. The molecule has 2 atom stereocenters. The third-order valence-electron chi connectivity index (χ3n) is 9.45. The number of halogens is 2. The Hall–Kier alpha value is -4.37. The fourth-order valence-corrected chi connectivity index (χ4v) is 6.78. The Morgan fingerprint density at radius 2 is 1.88 bits per heavy atom. The molecule has 1 saturated heterocycles. The summed E-state index contributed by atoms with van der Waals surface area (Å²) in [6.07, 6.45) is 6.48. The lowest BCUT2D eigenvalue weighted by Gasteiger charge is -2.30. The smallest absolute Gasteiger partial charge is 0.326 e. The highest BCUT2D eigenvalue weighted by Gasteiger charge is 2.33. The van der Waals surface area contributed by atoms with Gasteiger partial charge in [0.1, 0.15) is 41.6 Å².